The normalized spacial score (nSPS) is 10.2. The van der Waals surface area contributed by atoms with Gasteiger partial charge < -0.3 is 10.4 Å². The summed E-state index contributed by atoms with van der Waals surface area (Å²) in [5.74, 6) is -1.58. The number of hydrogen-bond acceptors (Lipinski definition) is 3. The fourth-order valence-electron chi connectivity index (χ4n) is 1.37. The minimum Gasteiger partial charge on any atom is -0.478 e. The standard InChI is InChI=1S/C11H10FN3O2/c12-9-2-1-7(11(16)17)5-10(9)13-6-8-3-4-14-15-8/h1-5,13H,6H2,(H,14,15)(H,16,17). The van der Waals surface area contributed by atoms with Gasteiger partial charge in [-0.2, -0.15) is 5.10 Å². The van der Waals surface area contributed by atoms with E-state index >= 15 is 0 Å². The summed E-state index contributed by atoms with van der Waals surface area (Å²) in [7, 11) is 0. The number of aromatic amines is 1. The average Bonchev–Trinajstić information content (AvgIpc) is 2.80. The van der Waals surface area contributed by atoms with E-state index in [1.807, 2.05) is 0 Å². The van der Waals surface area contributed by atoms with Gasteiger partial charge in [0, 0.05) is 6.20 Å². The molecule has 0 atom stereocenters. The van der Waals surface area contributed by atoms with Crippen LogP contribution in [0.1, 0.15) is 16.1 Å². The van der Waals surface area contributed by atoms with Crippen molar-refractivity contribution < 1.29 is 14.3 Å². The highest BCUT2D eigenvalue weighted by Crippen LogP contribution is 2.16. The quantitative estimate of drug-likeness (QED) is 0.755. The number of halogens is 1. The molecule has 2 rings (SSSR count). The molecule has 3 N–H and O–H groups in total. The van der Waals surface area contributed by atoms with Crippen LogP contribution >= 0.6 is 0 Å². The summed E-state index contributed by atoms with van der Waals surface area (Å²) >= 11 is 0. The number of H-pyrrole nitrogens is 1. The number of benzene rings is 1. The number of rotatable bonds is 4. The molecular weight excluding hydrogens is 225 g/mol. The number of hydrogen-bond donors (Lipinski definition) is 3. The van der Waals surface area contributed by atoms with E-state index in [0.717, 1.165) is 11.8 Å². The van der Waals surface area contributed by atoms with Gasteiger partial charge in [0.1, 0.15) is 5.82 Å². The lowest BCUT2D eigenvalue weighted by atomic mass is 10.2. The molecule has 1 heterocycles. The maximum absolute atomic E-state index is 13.4. The lowest BCUT2D eigenvalue weighted by molar-refractivity contribution is 0.0697. The Kier molecular flexibility index (Phi) is 3.04. The Hall–Kier alpha value is -2.37. The Morgan fingerprint density at radius 3 is 2.94 bits per heavy atom. The van der Waals surface area contributed by atoms with Crippen LogP contribution in [0, 0.1) is 5.82 Å². The van der Waals surface area contributed by atoms with E-state index in [9.17, 15) is 9.18 Å². The monoisotopic (exact) mass is 235 g/mol. The van der Waals surface area contributed by atoms with E-state index in [4.69, 9.17) is 5.11 Å². The summed E-state index contributed by atoms with van der Waals surface area (Å²) in [5.41, 5.74) is 0.975. The van der Waals surface area contributed by atoms with Gasteiger partial charge in [0.15, 0.2) is 0 Å². The van der Waals surface area contributed by atoms with E-state index in [0.29, 0.717) is 6.54 Å². The number of carboxylic acid groups (broad SMARTS) is 1. The average molecular weight is 235 g/mol. The smallest absolute Gasteiger partial charge is 0.335 e. The van der Waals surface area contributed by atoms with Crippen molar-refractivity contribution in [3.63, 3.8) is 0 Å². The zero-order chi connectivity index (χ0) is 12.3. The van der Waals surface area contributed by atoms with Crippen LogP contribution in [0.15, 0.2) is 30.5 Å². The summed E-state index contributed by atoms with van der Waals surface area (Å²) in [4.78, 5) is 10.7. The summed E-state index contributed by atoms with van der Waals surface area (Å²) < 4.78 is 13.4. The second-order valence-corrected chi connectivity index (χ2v) is 3.44. The van der Waals surface area contributed by atoms with Crippen LogP contribution in [-0.2, 0) is 6.54 Å². The first-order valence-electron chi connectivity index (χ1n) is 4.92. The molecule has 0 fully saturated rings. The first kappa shape index (κ1) is 11.1. The Labute approximate surface area is 96.3 Å². The molecule has 17 heavy (non-hydrogen) atoms. The Bertz CT molecular complexity index is 526. The summed E-state index contributed by atoms with van der Waals surface area (Å²) in [6.45, 7) is 0.347. The Balaban J connectivity index is 2.14. The molecule has 0 amide bonds. The topological polar surface area (TPSA) is 78.0 Å². The van der Waals surface area contributed by atoms with Gasteiger partial charge in [0.25, 0.3) is 0 Å². The van der Waals surface area contributed by atoms with Crippen molar-refractivity contribution in [2.45, 2.75) is 6.54 Å². The number of nitrogens with zero attached hydrogens (tertiary/aromatic N) is 1. The molecule has 0 saturated heterocycles. The van der Waals surface area contributed by atoms with Crippen LogP contribution < -0.4 is 5.32 Å². The molecule has 0 saturated carbocycles. The van der Waals surface area contributed by atoms with Crippen molar-refractivity contribution in [3.8, 4) is 0 Å². The fourth-order valence-corrected chi connectivity index (χ4v) is 1.37. The minimum atomic E-state index is -1.09. The van der Waals surface area contributed by atoms with E-state index < -0.39 is 11.8 Å². The molecule has 0 radical (unpaired) electrons. The van der Waals surface area contributed by atoms with Crippen molar-refractivity contribution in [3.05, 3.63) is 47.5 Å². The van der Waals surface area contributed by atoms with Crippen molar-refractivity contribution >= 4 is 11.7 Å². The molecule has 6 heteroatoms. The number of carboxylic acids is 1. The van der Waals surface area contributed by atoms with Crippen LogP contribution in [0.25, 0.3) is 0 Å². The van der Waals surface area contributed by atoms with Gasteiger partial charge in [-0.3, -0.25) is 5.10 Å². The van der Waals surface area contributed by atoms with E-state index in [1.54, 1.807) is 12.3 Å². The number of aromatic carboxylic acids is 1. The van der Waals surface area contributed by atoms with Gasteiger partial charge in [0.05, 0.1) is 23.5 Å². The largest absolute Gasteiger partial charge is 0.478 e. The van der Waals surface area contributed by atoms with Crippen molar-refractivity contribution in [2.24, 2.45) is 0 Å². The first-order valence-corrected chi connectivity index (χ1v) is 4.92. The zero-order valence-electron chi connectivity index (χ0n) is 8.77. The highest BCUT2D eigenvalue weighted by molar-refractivity contribution is 5.88. The van der Waals surface area contributed by atoms with Crippen LogP contribution in [0.3, 0.4) is 0 Å². The Morgan fingerprint density at radius 2 is 2.29 bits per heavy atom. The van der Waals surface area contributed by atoms with Crippen LogP contribution in [0.2, 0.25) is 0 Å². The number of carbonyl (C=O) groups is 1. The second-order valence-electron chi connectivity index (χ2n) is 3.44. The fraction of sp³-hybridized carbons (Fsp3) is 0.0909. The third kappa shape index (κ3) is 2.60. The number of aromatic nitrogens is 2. The van der Waals surface area contributed by atoms with Gasteiger partial charge in [-0.25, -0.2) is 9.18 Å². The maximum Gasteiger partial charge on any atom is 0.335 e. The van der Waals surface area contributed by atoms with Gasteiger partial charge in [-0.15, -0.1) is 0 Å². The molecule has 0 aliphatic rings. The predicted octanol–water partition coefficient (Wildman–Crippen LogP) is 1.86. The van der Waals surface area contributed by atoms with Gasteiger partial charge in [0.2, 0.25) is 0 Å². The third-order valence-electron chi connectivity index (χ3n) is 2.24. The highest BCUT2D eigenvalue weighted by Gasteiger charge is 2.08. The van der Waals surface area contributed by atoms with Gasteiger partial charge >= 0.3 is 5.97 Å². The molecule has 88 valence electrons. The molecule has 1 aromatic carbocycles. The zero-order valence-corrected chi connectivity index (χ0v) is 8.77. The molecule has 5 nitrogen and oxygen atoms in total. The van der Waals surface area contributed by atoms with Crippen LogP contribution in [0.4, 0.5) is 10.1 Å². The predicted molar refractivity (Wildman–Crippen MR) is 59.3 cm³/mol. The summed E-state index contributed by atoms with van der Waals surface area (Å²) in [6.07, 6.45) is 1.58. The molecule has 0 aliphatic heterocycles. The molecule has 0 unspecified atom stereocenters. The second kappa shape index (κ2) is 4.65. The SMILES string of the molecule is O=C(O)c1ccc(F)c(NCc2ccn[nH]2)c1. The van der Waals surface area contributed by atoms with Crippen molar-refractivity contribution in [1.29, 1.82) is 0 Å². The van der Waals surface area contributed by atoms with Gasteiger partial charge in [-0.05, 0) is 24.3 Å². The molecule has 0 aliphatic carbocycles. The number of nitrogens with one attached hydrogen (secondary N) is 2. The maximum atomic E-state index is 13.4. The third-order valence-corrected chi connectivity index (χ3v) is 2.24. The van der Waals surface area contributed by atoms with E-state index in [1.165, 1.54) is 12.1 Å². The summed E-state index contributed by atoms with van der Waals surface area (Å²) in [5, 5.41) is 18.0. The molecule has 0 spiro atoms. The summed E-state index contributed by atoms with van der Waals surface area (Å²) in [6, 6.07) is 5.35. The molecule has 1 aromatic heterocycles. The lowest BCUT2D eigenvalue weighted by Gasteiger charge is -2.07. The number of anilines is 1. The first-order chi connectivity index (χ1) is 8.16. The minimum absolute atomic E-state index is 0.0403. The highest BCUT2D eigenvalue weighted by atomic mass is 19.1. The van der Waals surface area contributed by atoms with Crippen molar-refractivity contribution in [1.82, 2.24) is 10.2 Å². The lowest BCUT2D eigenvalue weighted by Crippen LogP contribution is -2.04. The Morgan fingerprint density at radius 1 is 1.47 bits per heavy atom. The molecule has 0 bridgehead atoms. The van der Waals surface area contributed by atoms with Crippen LogP contribution in [-0.4, -0.2) is 21.3 Å². The van der Waals surface area contributed by atoms with Crippen molar-refractivity contribution in [2.75, 3.05) is 5.32 Å². The van der Waals surface area contributed by atoms with Crippen LogP contribution in [0.5, 0.6) is 0 Å². The molecular formula is C11H10FN3O2. The van der Waals surface area contributed by atoms with E-state index in [-0.39, 0.29) is 11.3 Å². The van der Waals surface area contributed by atoms with Gasteiger partial charge in [-0.1, -0.05) is 0 Å². The van der Waals surface area contributed by atoms with E-state index in [2.05, 4.69) is 15.5 Å². The molecule has 2 aromatic rings.